The van der Waals surface area contributed by atoms with Crippen LogP contribution in [-0.2, 0) is 4.79 Å². The normalized spacial score (nSPS) is 15.7. The number of halogens is 1. The van der Waals surface area contributed by atoms with E-state index in [-0.39, 0.29) is 0 Å². The van der Waals surface area contributed by atoms with E-state index in [9.17, 15) is 4.79 Å². The Kier molecular flexibility index (Phi) is 3.72. The van der Waals surface area contributed by atoms with Gasteiger partial charge in [-0.2, -0.15) is 0 Å². The number of aldehydes is 1. The summed E-state index contributed by atoms with van der Waals surface area (Å²) < 4.78 is 0. The van der Waals surface area contributed by atoms with Gasteiger partial charge >= 0.3 is 0 Å². The van der Waals surface area contributed by atoms with E-state index in [0.29, 0.717) is 5.02 Å². The van der Waals surface area contributed by atoms with Gasteiger partial charge in [-0.3, -0.25) is 4.79 Å². The van der Waals surface area contributed by atoms with Gasteiger partial charge in [0, 0.05) is 20.4 Å². The highest BCUT2D eigenvalue weighted by molar-refractivity contribution is 8.04. The molecular formula is C16H10ClNOS. The molecule has 0 N–H and O–H groups in total. The van der Waals surface area contributed by atoms with Crippen LogP contribution in [0.2, 0.25) is 5.02 Å². The van der Waals surface area contributed by atoms with E-state index in [0.717, 1.165) is 33.0 Å². The molecule has 1 aliphatic heterocycles. The summed E-state index contributed by atoms with van der Waals surface area (Å²) in [5.41, 5.74) is 2.63. The molecule has 0 unspecified atom stereocenters. The van der Waals surface area contributed by atoms with Gasteiger partial charge in [0.1, 0.15) is 6.29 Å². The summed E-state index contributed by atoms with van der Waals surface area (Å²) in [6.45, 7) is 0. The van der Waals surface area contributed by atoms with Gasteiger partial charge in [-0.05, 0) is 24.3 Å². The molecule has 0 radical (unpaired) electrons. The number of hydrogen-bond donors (Lipinski definition) is 0. The van der Waals surface area contributed by atoms with Crippen molar-refractivity contribution in [2.75, 3.05) is 0 Å². The lowest BCUT2D eigenvalue weighted by molar-refractivity contribution is -0.104. The minimum absolute atomic E-state index is 0.656. The largest absolute Gasteiger partial charge is 0.299 e. The average Bonchev–Trinajstić information content (AvgIpc) is 2.48. The fraction of sp³-hybridized carbons (Fsp3) is 0. The molecule has 0 spiro atoms. The van der Waals surface area contributed by atoms with Gasteiger partial charge < -0.3 is 0 Å². The molecule has 2 aromatic carbocycles. The maximum absolute atomic E-state index is 10.9. The first-order valence-corrected chi connectivity index (χ1v) is 7.25. The number of rotatable bonds is 2. The monoisotopic (exact) mass is 299 g/mol. The average molecular weight is 300 g/mol. The highest BCUT2D eigenvalue weighted by Crippen LogP contribution is 2.42. The molecule has 1 aliphatic rings. The van der Waals surface area contributed by atoms with Crippen LogP contribution < -0.4 is 0 Å². The quantitative estimate of drug-likeness (QED) is 0.597. The van der Waals surface area contributed by atoms with Crippen molar-refractivity contribution in [3.8, 4) is 0 Å². The Balaban J connectivity index is 2.17. The predicted molar refractivity (Wildman–Crippen MR) is 84.1 cm³/mol. The molecule has 0 fully saturated rings. The van der Waals surface area contributed by atoms with Gasteiger partial charge in [-0.25, -0.2) is 4.99 Å². The van der Waals surface area contributed by atoms with Crippen LogP contribution >= 0.6 is 23.4 Å². The van der Waals surface area contributed by atoms with Gasteiger partial charge in [-0.15, -0.1) is 0 Å². The molecule has 0 atom stereocenters. The van der Waals surface area contributed by atoms with E-state index < -0.39 is 0 Å². The summed E-state index contributed by atoms with van der Waals surface area (Å²) in [4.78, 5) is 17.4. The first kappa shape index (κ1) is 13.2. The first-order valence-electron chi connectivity index (χ1n) is 6.05. The molecular weight excluding hydrogens is 290 g/mol. The number of thioether (sulfide) groups is 1. The summed E-state index contributed by atoms with van der Waals surface area (Å²) in [6, 6.07) is 15.4. The van der Waals surface area contributed by atoms with Crippen molar-refractivity contribution in [2.24, 2.45) is 4.99 Å². The number of fused-ring (bicyclic) bond motifs is 1. The fourth-order valence-corrected chi connectivity index (χ4v) is 3.12. The Morgan fingerprint density at radius 1 is 1.10 bits per heavy atom. The molecule has 0 aliphatic carbocycles. The lowest BCUT2D eigenvalue weighted by atomic mass is 10.1. The summed E-state index contributed by atoms with van der Waals surface area (Å²) in [5.74, 6) is 0. The van der Waals surface area contributed by atoms with Gasteiger partial charge in [0.15, 0.2) is 0 Å². The zero-order chi connectivity index (χ0) is 13.9. The zero-order valence-electron chi connectivity index (χ0n) is 10.4. The molecule has 0 aromatic heterocycles. The molecule has 2 nitrogen and oxygen atoms in total. The SMILES string of the molecule is O=CC=C1Sc2ccc(Cl)cc2N=C1c1ccccc1. The smallest absolute Gasteiger partial charge is 0.144 e. The Bertz CT molecular complexity index is 723. The highest BCUT2D eigenvalue weighted by Gasteiger charge is 2.19. The minimum atomic E-state index is 0.656. The van der Waals surface area contributed by atoms with E-state index in [4.69, 9.17) is 11.6 Å². The molecule has 4 heteroatoms. The third-order valence-corrected chi connectivity index (χ3v) is 4.22. The van der Waals surface area contributed by atoms with Crippen molar-refractivity contribution in [2.45, 2.75) is 4.90 Å². The van der Waals surface area contributed by atoms with Crippen LogP contribution in [0.4, 0.5) is 5.69 Å². The van der Waals surface area contributed by atoms with E-state index in [1.54, 1.807) is 6.08 Å². The molecule has 2 aromatic rings. The lowest BCUT2D eigenvalue weighted by Gasteiger charge is -2.18. The van der Waals surface area contributed by atoms with Crippen LogP contribution in [0.3, 0.4) is 0 Å². The first-order chi connectivity index (χ1) is 9.78. The van der Waals surface area contributed by atoms with Crippen LogP contribution in [0.15, 0.2) is 69.4 Å². The number of carbonyl (C=O) groups excluding carboxylic acids is 1. The number of carbonyl (C=O) groups is 1. The van der Waals surface area contributed by atoms with Crippen molar-refractivity contribution < 1.29 is 4.79 Å². The Morgan fingerprint density at radius 3 is 2.65 bits per heavy atom. The predicted octanol–water partition coefficient (Wildman–Crippen LogP) is 4.65. The summed E-state index contributed by atoms with van der Waals surface area (Å²) in [7, 11) is 0. The van der Waals surface area contributed by atoms with Crippen LogP contribution in [0, 0.1) is 0 Å². The van der Waals surface area contributed by atoms with Crippen molar-refractivity contribution in [1.29, 1.82) is 0 Å². The number of aliphatic imine (C=N–C) groups is 1. The highest BCUT2D eigenvalue weighted by atomic mass is 35.5. The maximum atomic E-state index is 10.9. The van der Waals surface area contributed by atoms with E-state index in [1.165, 1.54) is 11.8 Å². The third kappa shape index (κ3) is 2.55. The van der Waals surface area contributed by atoms with Gasteiger partial charge in [0.25, 0.3) is 0 Å². The fourth-order valence-electron chi connectivity index (χ4n) is 1.98. The Labute approximate surface area is 126 Å². The molecule has 0 saturated carbocycles. The topological polar surface area (TPSA) is 29.4 Å². The summed E-state index contributed by atoms with van der Waals surface area (Å²) >= 11 is 7.55. The minimum Gasteiger partial charge on any atom is -0.299 e. The molecule has 3 rings (SSSR count). The van der Waals surface area contributed by atoms with Crippen molar-refractivity contribution in [3.05, 3.63) is 70.1 Å². The van der Waals surface area contributed by atoms with E-state index in [1.807, 2.05) is 48.5 Å². The maximum Gasteiger partial charge on any atom is 0.144 e. The molecule has 98 valence electrons. The van der Waals surface area contributed by atoms with Crippen LogP contribution in [0.5, 0.6) is 0 Å². The number of nitrogens with zero attached hydrogens (tertiary/aromatic N) is 1. The Morgan fingerprint density at radius 2 is 1.90 bits per heavy atom. The van der Waals surface area contributed by atoms with Gasteiger partial charge in [0.05, 0.1) is 11.4 Å². The third-order valence-electron chi connectivity index (χ3n) is 2.87. The van der Waals surface area contributed by atoms with Gasteiger partial charge in [-0.1, -0.05) is 53.7 Å². The summed E-state index contributed by atoms with van der Waals surface area (Å²) in [6.07, 6.45) is 2.34. The van der Waals surface area contributed by atoms with Crippen molar-refractivity contribution >= 4 is 41.0 Å². The van der Waals surface area contributed by atoms with Crippen LogP contribution in [-0.4, -0.2) is 12.0 Å². The van der Waals surface area contributed by atoms with Crippen LogP contribution in [0.1, 0.15) is 5.56 Å². The second kappa shape index (κ2) is 5.65. The number of allylic oxidation sites excluding steroid dienone is 2. The second-order valence-electron chi connectivity index (χ2n) is 4.21. The van der Waals surface area contributed by atoms with Gasteiger partial charge in [0.2, 0.25) is 0 Å². The molecule has 0 saturated heterocycles. The zero-order valence-corrected chi connectivity index (χ0v) is 12.0. The standard InChI is InChI=1S/C16H10ClNOS/c17-12-6-7-14-13(10-12)18-16(15(20-14)8-9-19)11-4-2-1-3-5-11/h1-10H. The number of benzene rings is 2. The molecule has 0 amide bonds. The molecule has 1 heterocycles. The second-order valence-corrected chi connectivity index (χ2v) is 5.73. The molecule has 0 bridgehead atoms. The van der Waals surface area contributed by atoms with E-state index >= 15 is 0 Å². The summed E-state index contributed by atoms with van der Waals surface area (Å²) in [5, 5.41) is 0.656. The Hall–Kier alpha value is -1.84. The van der Waals surface area contributed by atoms with Crippen molar-refractivity contribution in [1.82, 2.24) is 0 Å². The van der Waals surface area contributed by atoms with Crippen molar-refractivity contribution in [3.63, 3.8) is 0 Å². The lowest BCUT2D eigenvalue weighted by Crippen LogP contribution is -2.06. The number of hydrogen-bond acceptors (Lipinski definition) is 3. The molecule has 20 heavy (non-hydrogen) atoms. The van der Waals surface area contributed by atoms with Crippen LogP contribution in [0.25, 0.3) is 0 Å². The van der Waals surface area contributed by atoms with E-state index in [2.05, 4.69) is 4.99 Å².